The minimum atomic E-state index is 0.0288. The summed E-state index contributed by atoms with van der Waals surface area (Å²) in [6, 6.07) is 4.09. The van der Waals surface area contributed by atoms with E-state index in [1.165, 1.54) is 0 Å². The van der Waals surface area contributed by atoms with Gasteiger partial charge in [0.2, 0.25) is 0 Å². The maximum Gasteiger partial charge on any atom is 0.258 e. The Hall–Kier alpha value is -1.72. The van der Waals surface area contributed by atoms with Crippen LogP contribution in [0.25, 0.3) is 5.70 Å². The summed E-state index contributed by atoms with van der Waals surface area (Å²) in [4.78, 5) is 15.6. The molecule has 0 fully saturated rings. The molecule has 1 aromatic heterocycles. The molecule has 0 saturated heterocycles. The Balaban J connectivity index is 1.92. The Bertz CT molecular complexity index is 668. The number of nitrogens with zero attached hydrogens (tertiary/aromatic N) is 1. The van der Waals surface area contributed by atoms with Gasteiger partial charge in [-0.1, -0.05) is 24.8 Å². The molecule has 0 radical (unpaired) electrons. The molecule has 2 aliphatic heterocycles. The summed E-state index contributed by atoms with van der Waals surface area (Å²) >= 11 is 3.33. The first kappa shape index (κ1) is 14.2. The molecule has 0 spiro atoms. The fourth-order valence-corrected chi connectivity index (χ4v) is 4.15. The van der Waals surface area contributed by atoms with E-state index in [4.69, 9.17) is 0 Å². The summed E-state index contributed by atoms with van der Waals surface area (Å²) in [7, 11) is 2.04. The summed E-state index contributed by atoms with van der Waals surface area (Å²) in [5, 5.41) is 7.06. The molecule has 5 heteroatoms. The van der Waals surface area contributed by atoms with Gasteiger partial charge >= 0.3 is 0 Å². The van der Waals surface area contributed by atoms with Gasteiger partial charge in [0.15, 0.2) is 0 Å². The average Bonchev–Trinajstić information content (AvgIpc) is 3.14. The SMILES string of the molecule is C=C/C=C\SCC1=C2CN(C)C(c3cccs3)=C2C(=O)N1. The predicted molar refractivity (Wildman–Crippen MR) is 90.8 cm³/mol. The highest BCUT2D eigenvalue weighted by molar-refractivity contribution is 8.02. The van der Waals surface area contributed by atoms with Crippen LogP contribution in [0.4, 0.5) is 0 Å². The zero-order valence-corrected chi connectivity index (χ0v) is 13.4. The smallest absolute Gasteiger partial charge is 0.258 e. The van der Waals surface area contributed by atoms with Crippen molar-refractivity contribution in [1.82, 2.24) is 10.2 Å². The van der Waals surface area contributed by atoms with Crippen molar-refractivity contribution < 1.29 is 4.79 Å². The second-order valence-electron chi connectivity index (χ2n) is 4.84. The molecule has 3 nitrogen and oxygen atoms in total. The maximum absolute atomic E-state index is 12.3. The van der Waals surface area contributed by atoms with Crippen LogP contribution < -0.4 is 5.32 Å². The Labute approximate surface area is 132 Å². The number of rotatable bonds is 5. The van der Waals surface area contributed by atoms with Crippen molar-refractivity contribution in [3.05, 3.63) is 63.4 Å². The molecular formula is C16H16N2OS2. The van der Waals surface area contributed by atoms with Crippen molar-refractivity contribution in [2.24, 2.45) is 0 Å². The highest BCUT2D eigenvalue weighted by Crippen LogP contribution is 2.40. The number of allylic oxidation sites excluding steroid dienone is 2. The van der Waals surface area contributed by atoms with Gasteiger partial charge in [0.1, 0.15) is 0 Å². The Morgan fingerprint density at radius 1 is 1.57 bits per heavy atom. The summed E-state index contributed by atoms with van der Waals surface area (Å²) in [5.74, 6) is 0.807. The normalized spacial score (nSPS) is 18.0. The molecule has 3 heterocycles. The minimum Gasteiger partial charge on any atom is -0.368 e. The zero-order chi connectivity index (χ0) is 14.8. The molecule has 0 aliphatic carbocycles. The quantitative estimate of drug-likeness (QED) is 0.847. The number of carbonyl (C=O) groups excluding carboxylic acids is 1. The summed E-state index contributed by atoms with van der Waals surface area (Å²) in [6.45, 7) is 4.44. The van der Waals surface area contributed by atoms with E-state index in [9.17, 15) is 4.79 Å². The van der Waals surface area contributed by atoms with Crippen molar-refractivity contribution in [3.63, 3.8) is 0 Å². The number of amides is 1. The standard InChI is InChI=1S/C16H16N2OS2/c1-3-4-7-20-10-12-11-9-18(2)15(13-6-5-8-21-13)14(11)16(19)17-12/h3-8H,1,9-10H2,2H3,(H,17,19)/b7-4-. The second kappa shape index (κ2) is 5.95. The van der Waals surface area contributed by atoms with E-state index >= 15 is 0 Å². The van der Waals surface area contributed by atoms with E-state index in [2.05, 4.69) is 22.9 Å². The fraction of sp³-hybridized carbons (Fsp3) is 0.188. The number of thiophene rings is 1. The Morgan fingerprint density at radius 3 is 3.14 bits per heavy atom. The molecule has 3 rings (SSSR count). The lowest BCUT2D eigenvalue weighted by Crippen LogP contribution is -2.21. The van der Waals surface area contributed by atoms with Crippen LogP contribution in [-0.2, 0) is 4.79 Å². The molecule has 0 unspecified atom stereocenters. The van der Waals surface area contributed by atoms with Gasteiger partial charge in [-0.25, -0.2) is 0 Å². The van der Waals surface area contributed by atoms with Gasteiger partial charge in [-0.3, -0.25) is 4.79 Å². The number of nitrogens with one attached hydrogen (secondary N) is 1. The number of hydrogen-bond acceptors (Lipinski definition) is 4. The third-order valence-corrected chi connectivity index (χ3v) is 5.15. The summed E-state index contributed by atoms with van der Waals surface area (Å²) in [5.41, 5.74) is 4.08. The average molecular weight is 316 g/mol. The van der Waals surface area contributed by atoms with Crippen molar-refractivity contribution in [2.75, 3.05) is 19.3 Å². The Morgan fingerprint density at radius 2 is 2.43 bits per heavy atom. The van der Waals surface area contributed by atoms with Crippen molar-refractivity contribution in [2.45, 2.75) is 0 Å². The molecule has 0 bridgehead atoms. The van der Waals surface area contributed by atoms with Gasteiger partial charge in [-0.05, 0) is 16.9 Å². The lowest BCUT2D eigenvalue weighted by molar-refractivity contribution is -0.115. The summed E-state index contributed by atoms with van der Waals surface area (Å²) < 4.78 is 0. The summed E-state index contributed by atoms with van der Waals surface area (Å²) in [6.07, 6.45) is 3.66. The van der Waals surface area contributed by atoms with Crippen molar-refractivity contribution in [1.29, 1.82) is 0 Å². The molecule has 21 heavy (non-hydrogen) atoms. The molecule has 0 saturated carbocycles. The van der Waals surface area contributed by atoms with E-state index in [1.807, 2.05) is 30.0 Å². The van der Waals surface area contributed by atoms with E-state index in [-0.39, 0.29) is 5.91 Å². The van der Waals surface area contributed by atoms with Crippen LogP contribution in [0.2, 0.25) is 0 Å². The van der Waals surface area contributed by atoms with Crippen molar-refractivity contribution >= 4 is 34.7 Å². The lowest BCUT2D eigenvalue weighted by atomic mass is 10.1. The van der Waals surface area contributed by atoms with Crippen LogP contribution in [0.5, 0.6) is 0 Å². The largest absolute Gasteiger partial charge is 0.368 e. The van der Waals surface area contributed by atoms with Crippen LogP contribution in [0.15, 0.2) is 58.5 Å². The van der Waals surface area contributed by atoms with Gasteiger partial charge < -0.3 is 10.2 Å². The molecule has 108 valence electrons. The van der Waals surface area contributed by atoms with Gasteiger partial charge in [0.25, 0.3) is 5.91 Å². The van der Waals surface area contributed by atoms with E-state index in [0.717, 1.165) is 39.7 Å². The van der Waals surface area contributed by atoms with Crippen molar-refractivity contribution in [3.8, 4) is 0 Å². The first-order valence-corrected chi connectivity index (χ1v) is 8.57. The molecule has 2 aliphatic rings. The van der Waals surface area contributed by atoms with Gasteiger partial charge in [-0.15, -0.1) is 23.1 Å². The number of hydrogen-bond donors (Lipinski definition) is 1. The predicted octanol–water partition coefficient (Wildman–Crippen LogP) is 3.22. The molecule has 1 N–H and O–H groups in total. The van der Waals surface area contributed by atoms with E-state index in [0.29, 0.717) is 0 Å². The van der Waals surface area contributed by atoms with Gasteiger partial charge in [-0.2, -0.15) is 0 Å². The molecular weight excluding hydrogens is 300 g/mol. The zero-order valence-electron chi connectivity index (χ0n) is 11.8. The molecule has 0 aromatic carbocycles. The van der Waals surface area contributed by atoms with Crippen LogP contribution >= 0.6 is 23.1 Å². The molecule has 0 atom stereocenters. The van der Waals surface area contributed by atoms with Gasteiger partial charge in [0.05, 0.1) is 16.1 Å². The monoisotopic (exact) mass is 316 g/mol. The first-order valence-electron chi connectivity index (χ1n) is 6.64. The molecule has 1 amide bonds. The van der Waals surface area contributed by atoms with Gasteiger partial charge in [0, 0.05) is 30.6 Å². The topological polar surface area (TPSA) is 32.3 Å². The Kier molecular flexibility index (Phi) is 4.03. The fourth-order valence-electron chi connectivity index (χ4n) is 2.59. The first-order chi connectivity index (χ1) is 10.2. The third kappa shape index (κ3) is 2.59. The number of thioether (sulfide) groups is 1. The van der Waals surface area contributed by atoms with E-state index < -0.39 is 0 Å². The maximum atomic E-state index is 12.3. The molecule has 1 aromatic rings. The number of fused-ring (bicyclic) bond motifs is 1. The van der Waals surface area contributed by atoms with Crippen LogP contribution in [0.1, 0.15) is 4.88 Å². The van der Waals surface area contributed by atoms with Crippen LogP contribution in [0, 0.1) is 0 Å². The van der Waals surface area contributed by atoms with Crippen LogP contribution in [-0.4, -0.2) is 30.2 Å². The second-order valence-corrected chi connectivity index (χ2v) is 6.69. The highest BCUT2D eigenvalue weighted by atomic mass is 32.2. The highest BCUT2D eigenvalue weighted by Gasteiger charge is 2.37. The number of likely N-dealkylation sites (N-methyl/N-ethyl adjacent to an activating group) is 1. The number of carbonyl (C=O) groups is 1. The van der Waals surface area contributed by atoms with E-state index in [1.54, 1.807) is 29.2 Å². The van der Waals surface area contributed by atoms with Crippen LogP contribution in [0.3, 0.4) is 0 Å². The third-order valence-electron chi connectivity index (χ3n) is 3.46. The minimum absolute atomic E-state index is 0.0288. The lowest BCUT2D eigenvalue weighted by Gasteiger charge is -2.16.